The molecule has 1 amide bonds. The molecule has 0 fully saturated rings. The molecule has 8 heteroatoms. The third-order valence-electron chi connectivity index (χ3n) is 4.61. The Morgan fingerprint density at radius 1 is 1.26 bits per heavy atom. The van der Waals surface area contributed by atoms with Gasteiger partial charge in [0.15, 0.2) is 5.82 Å². The summed E-state index contributed by atoms with van der Waals surface area (Å²) < 4.78 is 20.6. The second kappa shape index (κ2) is 7.61. The maximum atomic E-state index is 13.2. The Kier molecular flexibility index (Phi) is 4.86. The van der Waals surface area contributed by atoms with Crippen molar-refractivity contribution in [1.29, 1.82) is 0 Å². The summed E-state index contributed by atoms with van der Waals surface area (Å²) in [4.78, 5) is 22.6. The van der Waals surface area contributed by atoms with Crippen LogP contribution in [0.2, 0.25) is 0 Å². The van der Waals surface area contributed by atoms with Crippen LogP contribution in [0, 0.1) is 11.7 Å². The van der Waals surface area contributed by atoms with Gasteiger partial charge < -0.3 is 19.2 Å². The minimum absolute atomic E-state index is 0.0352. The minimum atomic E-state index is -0.467. The Morgan fingerprint density at radius 3 is 2.89 bits per heavy atom. The first-order chi connectivity index (χ1) is 13.2. The molecule has 4 rings (SSSR count). The van der Waals surface area contributed by atoms with E-state index in [1.807, 2.05) is 29.3 Å². The lowest BCUT2D eigenvalue weighted by Crippen LogP contribution is -2.33. The number of carbonyl (C=O) groups is 1. The molecule has 0 spiro atoms. The zero-order valence-electron chi connectivity index (χ0n) is 14.7. The predicted molar refractivity (Wildman–Crippen MR) is 96.1 cm³/mol. The van der Waals surface area contributed by atoms with Gasteiger partial charge in [0.2, 0.25) is 11.9 Å². The second-order valence-electron chi connectivity index (χ2n) is 6.66. The van der Waals surface area contributed by atoms with E-state index in [9.17, 15) is 9.18 Å². The molecule has 140 valence electrons. The Labute approximate surface area is 155 Å². The van der Waals surface area contributed by atoms with Crippen molar-refractivity contribution in [2.75, 3.05) is 11.4 Å². The average Bonchev–Trinajstić information content (AvgIpc) is 3.30. The summed E-state index contributed by atoms with van der Waals surface area (Å²) in [7, 11) is 0. The van der Waals surface area contributed by atoms with Crippen molar-refractivity contribution in [2.24, 2.45) is 5.92 Å². The van der Waals surface area contributed by atoms with E-state index >= 15 is 0 Å². The highest BCUT2D eigenvalue weighted by Gasteiger charge is 2.25. The molecule has 0 saturated heterocycles. The zero-order chi connectivity index (χ0) is 18.6. The van der Waals surface area contributed by atoms with Gasteiger partial charge in [-0.2, -0.15) is 0 Å². The molecule has 0 bridgehead atoms. The molecule has 0 aliphatic carbocycles. The lowest BCUT2D eigenvalue weighted by molar-refractivity contribution is -0.122. The van der Waals surface area contributed by atoms with E-state index in [0.717, 1.165) is 30.4 Å². The van der Waals surface area contributed by atoms with Crippen LogP contribution in [-0.2, 0) is 24.4 Å². The summed E-state index contributed by atoms with van der Waals surface area (Å²) in [6, 6.07) is 7.64. The lowest BCUT2D eigenvalue weighted by atomic mass is 10.0. The van der Waals surface area contributed by atoms with Crippen LogP contribution in [0.4, 0.5) is 10.3 Å². The number of nitrogens with zero attached hydrogens (tertiary/aromatic N) is 4. The highest BCUT2D eigenvalue weighted by molar-refractivity contribution is 5.76. The van der Waals surface area contributed by atoms with Crippen LogP contribution >= 0.6 is 0 Å². The Bertz CT molecular complexity index is 891. The van der Waals surface area contributed by atoms with Crippen molar-refractivity contribution >= 4 is 11.9 Å². The van der Waals surface area contributed by atoms with Crippen LogP contribution in [-0.4, -0.2) is 27.0 Å². The van der Waals surface area contributed by atoms with Gasteiger partial charge in [-0.1, -0.05) is 0 Å². The maximum absolute atomic E-state index is 13.2. The molecule has 1 aliphatic heterocycles. The molecule has 3 aromatic rings. The van der Waals surface area contributed by atoms with Gasteiger partial charge in [0, 0.05) is 37.3 Å². The van der Waals surface area contributed by atoms with Gasteiger partial charge in [-0.3, -0.25) is 4.79 Å². The van der Waals surface area contributed by atoms with Crippen molar-refractivity contribution < 1.29 is 13.6 Å². The highest BCUT2D eigenvalue weighted by atomic mass is 19.1. The van der Waals surface area contributed by atoms with Crippen LogP contribution in [0.1, 0.15) is 17.9 Å². The van der Waals surface area contributed by atoms with Gasteiger partial charge in [-0.25, -0.2) is 14.4 Å². The molecule has 1 aliphatic rings. The maximum Gasteiger partial charge on any atom is 0.225 e. The molecular weight excluding hydrogens is 349 g/mol. The van der Waals surface area contributed by atoms with Crippen molar-refractivity contribution in [3.8, 4) is 0 Å². The normalized spacial score (nSPS) is 16.6. The van der Waals surface area contributed by atoms with Gasteiger partial charge in [0.1, 0.15) is 5.76 Å². The van der Waals surface area contributed by atoms with E-state index in [-0.39, 0.29) is 11.8 Å². The first kappa shape index (κ1) is 17.3. The molecule has 0 radical (unpaired) electrons. The summed E-state index contributed by atoms with van der Waals surface area (Å²) in [5.41, 5.74) is 1.11. The fourth-order valence-electron chi connectivity index (χ4n) is 3.36. The van der Waals surface area contributed by atoms with Crippen molar-refractivity contribution in [3.63, 3.8) is 0 Å². The number of rotatable bonds is 5. The number of aromatic nitrogens is 3. The number of fused-ring (bicyclic) bond motifs is 1. The van der Waals surface area contributed by atoms with E-state index in [0.29, 0.717) is 32.0 Å². The number of hydrogen-bond acceptors (Lipinski definition) is 5. The molecule has 0 aromatic carbocycles. The summed E-state index contributed by atoms with van der Waals surface area (Å²) in [6.45, 7) is 2.33. The lowest BCUT2D eigenvalue weighted by Gasteiger charge is -2.23. The summed E-state index contributed by atoms with van der Waals surface area (Å²) in [6.07, 6.45) is 6.30. The number of carbonyl (C=O) groups excluding carboxylic acids is 1. The van der Waals surface area contributed by atoms with Crippen LogP contribution in [0.15, 0.2) is 53.5 Å². The van der Waals surface area contributed by atoms with Crippen LogP contribution in [0.25, 0.3) is 0 Å². The number of furan rings is 1. The summed E-state index contributed by atoms with van der Waals surface area (Å²) in [5.74, 6) is 0.756. The molecule has 1 atom stereocenters. The number of anilines is 1. The van der Waals surface area contributed by atoms with Crippen molar-refractivity contribution in [1.82, 2.24) is 19.9 Å². The number of hydrogen-bond donors (Lipinski definition) is 1. The Balaban J connectivity index is 1.46. The molecular formula is C19H20FN5O2. The van der Waals surface area contributed by atoms with E-state index in [4.69, 9.17) is 4.42 Å². The van der Waals surface area contributed by atoms with Gasteiger partial charge in [0.25, 0.3) is 0 Å². The Morgan fingerprint density at radius 2 is 2.11 bits per heavy atom. The molecule has 4 heterocycles. The molecule has 1 N–H and O–H groups in total. The molecule has 7 nitrogen and oxygen atoms in total. The quantitative estimate of drug-likeness (QED) is 0.747. The van der Waals surface area contributed by atoms with Crippen molar-refractivity contribution in [3.05, 3.63) is 66.4 Å². The van der Waals surface area contributed by atoms with Gasteiger partial charge >= 0.3 is 0 Å². The zero-order valence-corrected chi connectivity index (χ0v) is 14.7. The monoisotopic (exact) mass is 369 g/mol. The molecule has 27 heavy (non-hydrogen) atoms. The van der Waals surface area contributed by atoms with E-state index in [1.54, 1.807) is 12.3 Å². The van der Waals surface area contributed by atoms with E-state index in [2.05, 4.69) is 19.9 Å². The van der Waals surface area contributed by atoms with Crippen LogP contribution in [0.5, 0.6) is 0 Å². The topological polar surface area (TPSA) is 76.2 Å². The fourth-order valence-corrected chi connectivity index (χ4v) is 3.36. The fraction of sp³-hybridized carbons (Fsp3) is 0.316. The highest BCUT2D eigenvalue weighted by Crippen LogP contribution is 2.22. The predicted octanol–water partition coefficient (Wildman–Crippen LogP) is 2.35. The standard InChI is InChI=1S/C19H20FN5O2/c20-15-8-22-19(23-9-15)25-12-14(11-24-5-1-3-16(24)13-25)7-18(26)21-10-17-4-2-6-27-17/h1-6,8-9,14H,7,10-13H2,(H,21,26)/t14-/m1/s1. The Hall–Kier alpha value is -3.16. The van der Waals surface area contributed by atoms with Crippen LogP contribution in [0.3, 0.4) is 0 Å². The minimum Gasteiger partial charge on any atom is -0.467 e. The third kappa shape index (κ3) is 4.16. The third-order valence-corrected chi connectivity index (χ3v) is 4.61. The van der Waals surface area contributed by atoms with E-state index < -0.39 is 5.82 Å². The number of halogens is 1. The van der Waals surface area contributed by atoms with Gasteiger partial charge in [-0.15, -0.1) is 0 Å². The average molecular weight is 369 g/mol. The first-order valence-electron chi connectivity index (χ1n) is 8.83. The van der Waals surface area contributed by atoms with Crippen molar-refractivity contribution in [2.45, 2.75) is 26.1 Å². The molecule has 0 saturated carbocycles. The number of amides is 1. The largest absolute Gasteiger partial charge is 0.467 e. The van der Waals surface area contributed by atoms with Gasteiger partial charge in [0.05, 0.1) is 31.7 Å². The van der Waals surface area contributed by atoms with E-state index in [1.165, 1.54) is 0 Å². The molecule has 3 aromatic heterocycles. The first-order valence-corrected chi connectivity index (χ1v) is 8.83. The molecule has 0 unspecified atom stereocenters. The summed E-state index contributed by atoms with van der Waals surface area (Å²) in [5, 5.41) is 2.89. The summed E-state index contributed by atoms with van der Waals surface area (Å²) >= 11 is 0. The van der Waals surface area contributed by atoms with Gasteiger partial charge in [-0.05, 0) is 24.3 Å². The second-order valence-corrected chi connectivity index (χ2v) is 6.66. The number of nitrogens with one attached hydrogen (secondary N) is 1. The van der Waals surface area contributed by atoms with Crippen LogP contribution < -0.4 is 10.2 Å². The SMILES string of the molecule is O=C(C[C@H]1CN(c2ncc(F)cn2)Cc2cccn2C1)NCc1ccco1. The smallest absolute Gasteiger partial charge is 0.225 e.